The van der Waals surface area contributed by atoms with Gasteiger partial charge >= 0.3 is 0 Å². The molecule has 0 aromatic heterocycles. The van der Waals surface area contributed by atoms with Crippen LogP contribution in [-0.2, 0) is 0 Å². The highest BCUT2D eigenvalue weighted by Crippen LogP contribution is 2.38. The number of unbranched alkanes of at least 4 members (excludes halogenated alkanes) is 5. The van der Waals surface area contributed by atoms with Crippen molar-refractivity contribution in [2.45, 2.75) is 55.7 Å². The molecule has 0 spiro atoms. The Balaban J connectivity index is 3.48. The number of hydrogen-bond donors (Lipinski definition) is 1. The van der Waals surface area contributed by atoms with Gasteiger partial charge in [0.15, 0.2) is 3.79 Å². The molecule has 92 valence electrons. The van der Waals surface area contributed by atoms with Crippen molar-refractivity contribution in [3.05, 3.63) is 0 Å². The lowest BCUT2D eigenvalue weighted by Gasteiger charge is -2.22. The fourth-order valence-electron chi connectivity index (χ4n) is 1.53. The van der Waals surface area contributed by atoms with Gasteiger partial charge in [0.1, 0.15) is 0 Å². The molecule has 0 saturated carbocycles. The summed E-state index contributed by atoms with van der Waals surface area (Å²) < 4.78 is -1.15. The van der Waals surface area contributed by atoms with E-state index in [4.69, 9.17) is 34.8 Å². The zero-order valence-corrected chi connectivity index (χ0v) is 12.5. The van der Waals surface area contributed by atoms with Gasteiger partial charge in [-0.25, -0.2) is 0 Å². The summed E-state index contributed by atoms with van der Waals surface area (Å²) >= 11 is 21.7. The summed E-state index contributed by atoms with van der Waals surface area (Å²) in [5, 5.41) is 0. The Morgan fingerprint density at radius 3 is 2.00 bits per heavy atom. The van der Waals surface area contributed by atoms with Gasteiger partial charge in [-0.3, -0.25) is 0 Å². The normalized spacial score (nSPS) is 14.2. The van der Waals surface area contributed by atoms with Crippen molar-refractivity contribution in [1.82, 2.24) is 0 Å². The molecule has 0 aromatic rings. The second kappa shape index (κ2) is 9.27. The van der Waals surface area contributed by atoms with E-state index >= 15 is 0 Å². The van der Waals surface area contributed by atoms with Gasteiger partial charge in [-0.15, -0.1) is 0 Å². The van der Waals surface area contributed by atoms with Gasteiger partial charge in [0, 0.05) is 5.92 Å². The molecule has 0 aromatic carbocycles. The summed E-state index contributed by atoms with van der Waals surface area (Å²) in [5.74, 6) is 0.725. The zero-order chi connectivity index (χ0) is 11.7. The lowest BCUT2D eigenvalue weighted by molar-refractivity contribution is 0.496. The molecule has 0 aliphatic carbocycles. The highest BCUT2D eigenvalue weighted by molar-refractivity contribution is 7.80. The standard InChI is InChI=1S/C11H21Cl3S/c1-2-3-4-5-6-7-8-10(9-15)11(12,13)14/h10,15H,2-9H2,1H3. The zero-order valence-electron chi connectivity index (χ0n) is 9.32. The van der Waals surface area contributed by atoms with Gasteiger partial charge in [0.25, 0.3) is 0 Å². The van der Waals surface area contributed by atoms with Crippen molar-refractivity contribution in [2.24, 2.45) is 5.92 Å². The third-order valence-corrected chi connectivity index (χ3v) is 3.96. The molecule has 1 unspecified atom stereocenters. The quantitative estimate of drug-likeness (QED) is 0.333. The maximum atomic E-state index is 5.84. The van der Waals surface area contributed by atoms with Crippen LogP contribution >= 0.6 is 47.4 Å². The van der Waals surface area contributed by atoms with Crippen molar-refractivity contribution in [2.75, 3.05) is 5.75 Å². The summed E-state index contributed by atoms with van der Waals surface area (Å²) in [4.78, 5) is 0. The van der Waals surface area contributed by atoms with Crippen molar-refractivity contribution >= 4 is 47.4 Å². The average Bonchev–Trinajstić information content (AvgIpc) is 2.15. The maximum Gasteiger partial charge on any atom is 0.194 e. The minimum Gasteiger partial charge on any atom is -0.179 e. The van der Waals surface area contributed by atoms with Gasteiger partial charge in [-0.1, -0.05) is 80.3 Å². The number of hydrogen-bond acceptors (Lipinski definition) is 1. The molecule has 0 bridgehead atoms. The highest BCUT2D eigenvalue weighted by atomic mass is 35.6. The van der Waals surface area contributed by atoms with Crippen molar-refractivity contribution in [3.8, 4) is 0 Å². The second-order valence-corrected chi connectivity index (χ2v) is 6.71. The minimum absolute atomic E-state index is 0.0806. The van der Waals surface area contributed by atoms with Crippen molar-refractivity contribution in [1.29, 1.82) is 0 Å². The van der Waals surface area contributed by atoms with E-state index in [9.17, 15) is 0 Å². The van der Waals surface area contributed by atoms with Crippen molar-refractivity contribution in [3.63, 3.8) is 0 Å². The van der Waals surface area contributed by atoms with Gasteiger partial charge in [-0.05, 0) is 12.2 Å². The van der Waals surface area contributed by atoms with Crippen LogP contribution in [0.2, 0.25) is 0 Å². The first-order valence-corrected chi connectivity index (χ1v) is 7.46. The predicted octanol–water partition coefficient (Wildman–Crippen LogP) is 5.65. The molecule has 0 radical (unpaired) electrons. The predicted molar refractivity (Wildman–Crippen MR) is 75.6 cm³/mol. The van der Waals surface area contributed by atoms with E-state index in [1.807, 2.05) is 0 Å². The van der Waals surface area contributed by atoms with Crippen LogP contribution in [0.1, 0.15) is 51.9 Å². The molecule has 0 aliphatic heterocycles. The molecule has 4 heteroatoms. The van der Waals surface area contributed by atoms with Crippen LogP contribution in [0.25, 0.3) is 0 Å². The Morgan fingerprint density at radius 1 is 1.00 bits per heavy atom. The summed E-state index contributed by atoms with van der Waals surface area (Å²) in [5.41, 5.74) is 0. The molecule has 0 fully saturated rings. The summed E-state index contributed by atoms with van der Waals surface area (Å²) in [6, 6.07) is 0. The molecule has 0 saturated heterocycles. The molecule has 0 aliphatic rings. The lowest BCUT2D eigenvalue weighted by atomic mass is 10.0. The van der Waals surface area contributed by atoms with E-state index in [1.54, 1.807) is 0 Å². The number of thiol groups is 1. The van der Waals surface area contributed by atoms with Gasteiger partial charge < -0.3 is 0 Å². The molecule has 0 N–H and O–H groups in total. The number of alkyl halides is 3. The third-order valence-electron chi connectivity index (χ3n) is 2.59. The molecular weight excluding hydrogens is 271 g/mol. The van der Waals surface area contributed by atoms with Crippen LogP contribution in [-0.4, -0.2) is 9.55 Å². The fourth-order valence-corrected chi connectivity index (χ4v) is 2.87. The molecule has 15 heavy (non-hydrogen) atoms. The van der Waals surface area contributed by atoms with Gasteiger partial charge in [0.2, 0.25) is 0 Å². The van der Waals surface area contributed by atoms with Crippen LogP contribution in [0, 0.1) is 5.92 Å². The number of halogens is 3. The van der Waals surface area contributed by atoms with E-state index < -0.39 is 3.79 Å². The Bertz CT molecular complexity index is 145. The Kier molecular flexibility index (Phi) is 10.0. The summed E-state index contributed by atoms with van der Waals surface area (Å²) in [6.45, 7) is 2.22. The van der Waals surface area contributed by atoms with Crippen LogP contribution in [0.15, 0.2) is 0 Å². The summed E-state index contributed by atoms with van der Waals surface area (Å²) in [6.07, 6.45) is 8.59. The largest absolute Gasteiger partial charge is 0.194 e. The minimum atomic E-state index is -1.15. The summed E-state index contributed by atoms with van der Waals surface area (Å²) in [7, 11) is 0. The Labute approximate surface area is 114 Å². The third kappa shape index (κ3) is 8.97. The molecule has 0 rings (SSSR count). The first-order valence-electron chi connectivity index (χ1n) is 5.70. The fraction of sp³-hybridized carbons (Fsp3) is 1.00. The van der Waals surface area contributed by atoms with Crippen LogP contribution in [0.5, 0.6) is 0 Å². The topological polar surface area (TPSA) is 0 Å². The van der Waals surface area contributed by atoms with Crippen LogP contribution in [0.4, 0.5) is 0 Å². The highest BCUT2D eigenvalue weighted by Gasteiger charge is 2.30. The van der Waals surface area contributed by atoms with Gasteiger partial charge in [0.05, 0.1) is 0 Å². The van der Waals surface area contributed by atoms with Crippen molar-refractivity contribution < 1.29 is 0 Å². The molecule has 0 amide bonds. The average molecular weight is 292 g/mol. The van der Waals surface area contributed by atoms with E-state index in [2.05, 4.69) is 19.6 Å². The molecular formula is C11H21Cl3S. The molecule has 1 atom stereocenters. The van der Waals surface area contributed by atoms with E-state index in [0.717, 1.165) is 12.8 Å². The first kappa shape index (κ1) is 16.2. The van der Waals surface area contributed by atoms with Gasteiger partial charge in [-0.2, -0.15) is 12.6 Å². The van der Waals surface area contributed by atoms with E-state index in [-0.39, 0.29) is 5.92 Å². The molecule has 0 heterocycles. The van der Waals surface area contributed by atoms with Crippen LogP contribution < -0.4 is 0 Å². The van der Waals surface area contributed by atoms with E-state index in [1.165, 1.54) is 32.1 Å². The SMILES string of the molecule is CCCCCCCCC(CS)C(Cl)(Cl)Cl. The Hall–Kier alpha value is 1.22. The van der Waals surface area contributed by atoms with E-state index in [0.29, 0.717) is 5.75 Å². The smallest absolute Gasteiger partial charge is 0.179 e. The second-order valence-electron chi connectivity index (χ2n) is 3.98. The Morgan fingerprint density at radius 2 is 1.53 bits per heavy atom. The monoisotopic (exact) mass is 290 g/mol. The molecule has 0 nitrogen and oxygen atoms in total. The first-order chi connectivity index (χ1) is 7.02. The van der Waals surface area contributed by atoms with Crippen LogP contribution in [0.3, 0.4) is 0 Å². The lowest BCUT2D eigenvalue weighted by Crippen LogP contribution is -2.20. The number of rotatable bonds is 8. The maximum absolute atomic E-state index is 5.84.